The minimum atomic E-state index is 0.614. The van der Waals surface area contributed by atoms with Crippen molar-refractivity contribution in [3.63, 3.8) is 0 Å². The van der Waals surface area contributed by atoms with Crippen LogP contribution in [-0.2, 0) is 18.7 Å². The number of rotatable bonds is 7. The number of furan rings is 1. The maximum atomic E-state index is 5.55. The van der Waals surface area contributed by atoms with E-state index in [2.05, 4.69) is 42.2 Å². The van der Waals surface area contributed by atoms with Crippen LogP contribution in [0.3, 0.4) is 0 Å². The lowest BCUT2D eigenvalue weighted by Crippen LogP contribution is -2.06. The highest BCUT2D eigenvalue weighted by atomic mass is 32.2. The van der Waals surface area contributed by atoms with E-state index < -0.39 is 0 Å². The Bertz CT molecular complexity index is 1140. The molecule has 4 heterocycles. The van der Waals surface area contributed by atoms with E-state index >= 15 is 0 Å². The third-order valence-electron chi connectivity index (χ3n) is 4.38. The molecule has 0 aliphatic rings. The highest BCUT2D eigenvalue weighted by Gasteiger charge is 2.16. The Morgan fingerprint density at radius 3 is 2.86 bits per heavy atom. The lowest BCUT2D eigenvalue weighted by Gasteiger charge is -2.08. The predicted octanol–water partition coefficient (Wildman–Crippen LogP) is 4.74. The molecule has 0 saturated carbocycles. The van der Waals surface area contributed by atoms with Crippen LogP contribution in [-0.4, -0.2) is 24.7 Å². The smallest absolute Gasteiger partial charge is 0.192 e. The molecule has 0 aliphatic heterocycles. The zero-order valence-electron chi connectivity index (χ0n) is 14.9. The van der Waals surface area contributed by atoms with Gasteiger partial charge in [0, 0.05) is 11.3 Å². The number of aromatic nitrogens is 5. The van der Waals surface area contributed by atoms with Gasteiger partial charge in [-0.25, -0.2) is 4.98 Å². The maximum absolute atomic E-state index is 5.55. The van der Waals surface area contributed by atoms with Crippen molar-refractivity contribution in [2.75, 3.05) is 0 Å². The molecule has 1 N–H and O–H groups in total. The van der Waals surface area contributed by atoms with Crippen LogP contribution < -0.4 is 0 Å². The monoisotopic (exact) mass is 407 g/mol. The topological polar surface area (TPSA) is 72.5 Å². The van der Waals surface area contributed by atoms with Crippen LogP contribution in [0.15, 0.2) is 69.7 Å². The molecule has 5 aromatic rings. The number of H-pyrrole nitrogens is 1. The lowest BCUT2D eigenvalue weighted by molar-refractivity contribution is 0.479. The molecule has 0 fully saturated rings. The molecule has 140 valence electrons. The van der Waals surface area contributed by atoms with E-state index in [9.17, 15) is 0 Å². The van der Waals surface area contributed by atoms with Gasteiger partial charge in [0.2, 0.25) is 0 Å². The summed E-state index contributed by atoms with van der Waals surface area (Å²) in [7, 11) is 0. The van der Waals surface area contributed by atoms with Crippen LogP contribution in [0.25, 0.3) is 11.0 Å². The zero-order chi connectivity index (χ0) is 18.8. The summed E-state index contributed by atoms with van der Waals surface area (Å²) in [5.41, 5.74) is 2.03. The SMILES string of the molecule is c1coc(Cn2c(Cc3cccs3)nnc2SCc2nc3ccccc3[nH]2)c1. The molecule has 0 bridgehead atoms. The van der Waals surface area contributed by atoms with Crippen LogP contribution in [0.5, 0.6) is 0 Å². The number of aromatic amines is 1. The summed E-state index contributed by atoms with van der Waals surface area (Å²) in [6, 6.07) is 16.1. The number of fused-ring (bicyclic) bond motifs is 1. The first kappa shape index (κ1) is 17.3. The normalized spacial score (nSPS) is 11.4. The van der Waals surface area contributed by atoms with E-state index in [4.69, 9.17) is 4.42 Å². The fourth-order valence-electron chi connectivity index (χ4n) is 3.05. The summed E-state index contributed by atoms with van der Waals surface area (Å²) in [5, 5.41) is 11.8. The number of para-hydroxylation sites is 2. The van der Waals surface area contributed by atoms with Gasteiger partial charge in [-0.1, -0.05) is 30.0 Å². The summed E-state index contributed by atoms with van der Waals surface area (Å²) < 4.78 is 7.68. The van der Waals surface area contributed by atoms with Gasteiger partial charge in [0.15, 0.2) is 5.16 Å². The first-order valence-corrected chi connectivity index (χ1v) is 10.7. The van der Waals surface area contributed by atoms with Crippen LogP contribution >= 0.6 is 23.1 Å². The summed E-state index contributed by atoms with van der Waals surface area (Å²) in [6.07, 6.45) is 2.45. The average Bonchev–Trinajstić information content (AvgIpc) is 3.50. The summed E-state index contributed by atoms with van der Waals surface area (Å²) in [4.78, 5) is 9.28. The third kappa shape index (κ3) is 3.61. The number of nitrogens with zero attached hydrogens (tertiary/aromatic N) is 4. The molecule has 0 saturated heterocycles. The number of thiophene rings is 1. The molecule has 0 unspecified atom stereocenters. The van der Waals surface area contributed by atoms with Gasteiger partial charge in [-0.3, -0.25) is 4.57 Å². The molecule has 0 aliphatic carbocycles. The molecule has 8 heteroatoms. The molecule has 6 nitrogen and oxygen atoms in total. The molecular formula is C20H17N5OS2. The van der Waals surface area contributed by atoms with Crippen molar-refractivity contribution in [2.45, 2.75) is 23.9 Å². The van der Waals surface area contributed by atoms with E-state index in [1.807, 2.05) is 36.4 Å². The van der Waals surface area contributed by atoms with Crippen molar-refractivity contribution < 1.29 is 4.42 Å². The Kier molecular flexibility index (Phi) is 4.72. The summed E-state index contributed by atoms with van der Waals surface area (Å²) in [6.45, 7) is 0.614. The van der Waals surface area contributed by atoms with Crippen molar-refractivity contribution in [1.29, 1.82) is 0 Å². The zero-order valence-corrected chi connectivity index (χ0v) is 16.5. The fourth-order valence-corrected chi connectivity index (χ4v) is 4.58. The minimum absolute atomic E-state index is 0.614. The average molecular weight is 408 g/mol. The van der Waals surface area contributed by atoms with E-state index in [1.165, 1.54) is 4.88 Å². The first-order chi connectivity index (χ1) is 13.8. The van der Waals surface area contributed by atoms with Crippen molar-refractivity contribution >= 4 is 34.1 Å². The largest absolute Gasteiger partial charge is 0.467 e. The third-order valence-corrected chi connectivity index (χ3v) is 6.23. The Morgan fingerprint density at radius 1 is 1.07 bits per heavy atom. The Hall–Kier alpha value is -2.84. The second-order valence-corrected chi connectivity index (χ2v) is 8.28. The highest BCUT2D eigenvalue weighted by Crippen LogP contribution is 2.25. The van der Waals surface area contributed by atoms with Gasteiger partial charge < -0.3 is 9.40 Å². The lowest BCUT2D eigenvalue weighted by atomic mass is 10.3. The van der Waals surface area contributed by atoms with Gasteiger partial charge in [-0.15, -0.1) is 21.5 Å². The summed E-state index contributed by atoms with van der Waals surface area (Å²) in [5.74, 6) is 3.45. The number of imidazole rings is 1. The first-order valence-electron chi connectivity index (χ1n) is 8.88. The van der Waals surface area contributed by atoms with Crippen LogP contribution in [0.1, 0.15) is 22.3 Å². The second kappa shape index (κ2) is 7.65. The molecule has 0 atom stereocenters. The van der Waals surface area contributed by atoms with E-state index in [-0.39, 0.29) is 0 Å². The fraction of sp³-hybridized carbons (Fsp3) is 0.150. The van der Waals surface area contributed by atoms with Crippen molar-refractivity contribution in [3.05, 3.63) is 82.5 Å². The molecular weight excluding hydrogens is 390 g/mol. The number of thioether (sulfide) groups is 1. The van der Waals surface area contributed by atoms with Crippen molar-refractivity contribution in [1.82, 2.24) is 24.7 Å². The van der Waals surface area contributed by atoms with Crippen LogP contribution in [0, 0.1) is 0 Å². The van der Waals surface area contributed by atoms with Gasteiger partial charge >= 0.3 is 0 Å². The highest BCUT2D eigenvalue weighted by molar-refractivity contribution is 7.98. The number of hydrogen-bond acceptors (Lipinski definition) is 6. The molecule has 4 aromatic heterocycles. The van der Waals surface area contributed by atoms with Crippen molar-refractivity contribution in [2.24, 2.45) is 0 Å². The van der Waals surface area contributed by atoms with Gasteiger partial charge in [0.05, 0.1) is 29.6 Å². The van der Waals surface area contributed by atoms with Gasteiger partial charge in [0.25, 0.3) is 0 Å². The van der Waals surface area contributed by atoms with Gasteiger partial charge in [-0.2, -0.15) is 0 Å². The van der Waals surface area contributed by atoms with E-state index in [0.717, 1.165) is 40.0 Å². The van der Waals surface area contributed by atoms with Crippen LogP contribution in [0.4, 0.5) is 0 Å². The van der Waals surface area contributed by atoms with Gasteiger partial charge in [0.1, 0.15) is 17.4 Å². The standard InChI is InChI=1S/C20H17N5OS2/c1-2-8-17-16(7-1)21-18(22-17)13-28-20-24-23-19(11-15-6-4-10-27-15)25(20)12-14-5-3-9-26-14/h1-10H,11-13H2,(H,21,22). The molecule has 0 spiro atoms. The van der Waals surface area contributed by atoms with Crippen LogP contribution in [0.2, 0.25) is 0 Å². The Labute approximate surface area is 169 Å². The summed E-state index contributed by atoms with van der Waals surface area (Å²) >= 11 is 3.36. The second-order valence-electron chi connectivity index (χ2n) is 6.31. The number of hydrogen-bond donors (Lipinski definition) is 1. The van der Waals surface area contributed by atoms with E-state index in [0.29, 0.717) is 12.3 Å². The number of nitrogens with one attached hydrogen (secondary N) is 1. The minimum Gasteiger partial charge on any atom is -0.467 e. The maximum Gasteiger partial charge on any atom is 0.192 e. The predicted molar refractivity (Wildman–Crippen MR) is 111 cm³/mol. The molecule has 0 radical (unpaired) electrons. The quantitative estimate of drug-likeness (QED) is 0.395. The molecule has 0 amide bonds. The van der Waals surface area contributed by atoms with Crippen molar-refractivity contribution in [3.8, 4) is 0 Å². The molecule has 1 aromatic carbocycles. The Balaban J connectivity index is 1.40. The molecule has 5 rings (SSSR count). The van der Waals surface area contributed by atoms with E-state index in [1.54, 1.807) is 29.4 Å². The Morgan fingerprint density at radius 2 is 2.04 bits per heavy atom. The molecule has 28 heavy (non-hydrogen) atoms. The van der Waals surface area contributed by atoms with Gasteiger partial charge in [-0.05, 0) is 35.7 Å². The number of benzene rings is 1.